The summed E-state index contributed by atoms with van der Waals surface area (Å²) < 4.78 is 1.14. The molecule has 0 unspecified atom stereocenters. The van der Waals surface area contributed by atoms with E-state index in [-0.39, 0.29) is 18.3 Å². The van der Waals surface area contributed by atoms with Gasteiger partial charge in [-0.25, -0.2) is 9.97 Å². The van der Waals surface area contributed by atoms with E-state index in [2.05, 4.69) is 35.9 Å². The highest BCUT2D eigenvalue weighted by Gasteiger charge is 2.25. The lowest BCUT2D eigenvalue weighted by Gasteiger charge is -2.21. The number of amides is 1. The van der Waals surface area contributed by atoms with E-state index in [1.165, 1.54) is 22.5 Å². The molecule has 0 saturated heterocycles. The van der Waals surface area contributed by atoms with Crippen molar-refractivity contribution in [1.82, 2.24) is 14.9 Å². The van der Waals surface area contributed by atoms with Crippen molar-refractivity contribution in [3.63, 3.8) is 0 Å². The van der Waals surface area contributed by atoms with Gasteiger partial charge in [0, 0.05) is 13.1 Å². The number of carbonyl (C=O) groups is 1. The molecule has 0 saturated carbocycles. The zero-order valence-corrected chi connectivity index (χ0v) is 18.9. The molecule has 2 aromatic heterocycles. The van der Waals surface area contributed by atoms with Crippen LogP contribution >= 0.6 is 35.1 Å². The van der Waals surface area contributed by atoms with Crippen molar-refractivity contribution in [2.24, 2.45) is 0 Å². The summed E-state index contributed by atoms with van der Waals surface area (Å²) in [5, 5.41) is 1.67. The molecule has 0 bridgehead atoms. The van der Waals surface area contributed by atoms with Crippen molar-refractivity contribution in [2.75, 3.05) is 32.1 Å². The lowest BCUT2D eigenvalue weighted by Crippen LogP contribution is -2.36. The summed E-state index contributed by atoms with van der Waals surface area (Å²) in [6.45, 7) is 9.37. The molecule has 146 valence electrons. The van der Waals surface area contributed by atoms with Crippen LogP contribution in [0.1, 0.15) is 31.5 Å². The highest BCUT2D eigenvalue weighted by Crippen LogP contribution is 2.33. The summed E-state index contributed by atoms with van der Waals surface area (Å²) in [4.78, 5) is 27.1. The van der Waals surface area contributed by atoms with Gasteiger partial charge in [-0.05, 0) is 59.0 Å². The fourth-order valence-corrected chi connectivity index (χ4v) is 4.83. The van der Waals surface area contributed by atoms with Crippen LogP contribution in [0.2, 0.25) is 0 Å². The maximum atomic E-state index is 13.3. The molecule has 0 fully saturated rings. The Bertz CT molecular complexity index is 964. The Labute approximate surface area is 174 Å². The van der Waals surface area contributed by atoms with Crippen LogP contribution in [0.4, 0.5) is 5.13 Å². The monoisotopic (exact) mass is 424 g/mol. The van der Waals surface area contributed by atoms with E-state index in [0.717, 1.165) is 32.6 Å². The molecule has 0 aliphatic carbocycles. The predicted molar refractivity (Wildman–Crippen MR) is 118 cm³/mol. The molecule has 0 aliphatic heterocycles. The molecular weight excluding hydrogens is 400 g/mol. The molecule has 0 spiro atoms. The van der Waals surface area contributed by atoms with Gasteiger partial charge in [-0.1, -0.05) is 17.4 Å². The normalized spacial score (nSPS) is 11.1. The second-order valence-electron chi connectivity index (χ2n) is 6.83. The van der Waals surface area contributed by atoms with Gasteiger partial charge in [-0.15, -0.1) is 23.7 Å². The van der Waals surface area contributed by atoms with Gasteiger partial charge in [0.1, 0.15) is 4.88 Å². The number of rotatable bonds is 5. The number of likely N-dealkylation sites (N-methyl/N-ethyl adjacent to an activating group) is 1. The number of fused-ring (bicyclic) bond motifs is 1. The Kier molecular flexibility index (Phi) is 6.97. The number of benzene rings is 1. The molecule has 3 rings (SSSR count). The standard InChI is InChI=1S/C19H24N4OS2.ClH/c1-11-9-12(2)16-15(10-11)21-19(26-16)23(8-7-22(5)6)18(24)17-13(3)20-14(4)25-17;/h9-10H,7-8H2,1-6H3;1H. The number of thiazole rings is 2. The predicted octanol–water partition coefficient (Wildman–Crippen LogP) is 4.62. The molecule has 0 aliphatic rings. The lowest BCUT2D eigenvalue weighted by molar-refractivity contribution is 0.0988. The van der Waals surface area contributed by atoms with Crippen LogP contribution in [0.3, 0.4) is 0 Å². The number of anilines is 1. The van der Waals surface area contributed by atoms with Gasteiger partial charge in [0.25, 0.3) is 5.91 Å². The average molecular weight is 425 g/mol. The third-order valence-corrected chi connectivity index (χ3v) is 6.44. The maximum Gasteiger partial charge on any atom is 0.272 e. The Balaban J connectivity index is 0.00000261. The van der Waals surface area contributed by atoms with E-state index >= 15 is 0 Å². The van der Waals surface area contributed by atoms with E-state index < -0.39 is 0 Å². The first kappa shape index (κ1) is 21.8. The highest BCUT2D eigenvalue weighted by atomic mass is 35.5. The lowest BCUT2D eigenvalue weighted by atomic mass is 10.1. The summed E-state index contributed by atoms with van der Waals surface area (Å²) >= 11 is 3.04. The molecule has 5 nitrogen and oxygen atoms in total. The van der Waals surface area contributed by atoms with E-state index in [1.54, 1.807) is 16.2 Å². The molecule has 0 atom stereocenters. The van der Waals surface area contributed by atoms with Crippen molar-refractivity contribution in [1.29, 1.82) is 0 Å². The van der Waals surface area contributed by atoms with E-state index in [1.807, 2.05) is 27.9 Å². The Morgan fingerprint density at radius 1 is 1.04 bits per heavy atom. The van der Waals surface area contributed by atoms with Gasteiger partial charge in [0.15, 0.2) is 5.13 Å². The van der Waals surface area contributed by atoms with Crippen molar-refractivity contribution in [2.45, 2.75) is 27.7 Å². The second kappa shape index (κ2) is 8.65. The molecule has 8 heteroatoms. The quantitative estimate of drug-likeness (QED) is 0.599. The van der Waals surface area contributed by atoms with Crippen LogP contribution in [0.5, 0.6) is 0 Å². The number of aryl methyl sites for hydroxylation is 4. The fourth-order valence-electron chi connectivity index (χ4n) is 2.92. The van der Waals surface area contributed by atoms with E-state index in [9.17, 15) is 4.79 Å². The molecule has 1 aromatic carbocycles. The number of carbonyl (C=O) groups excluding carboxylic acids is 1. The van der Waals surface area contributed by atoms with Crippen LogP contribution in [-0.4, -0.2) is 48.0 Å². The van der Waals surface area contributed by atoms with Crippen LogP contribution in [0, 0.1) is 27.7 Å². The topological polar surface area (TPSA) is 49.3 Å². The Morgan fingerprint density at radius 3 is 2.33 bits per heavy atom. The van der Waals surface area contributed by atoms with E-state index in [4.69, 9.17) is 4.98 Å². The van der Waals surface area contributed by atoms with Gasteiger partial charge in [0.05, 0.1) is 20.9 Å². The smallest absolute Gasteiger partial charge is 0.272 e. The van der Waals surface area contributed by atoms with Crippen LogP contribution in [0.15, 0.2) is 12.1 Å². The van der Waals surface area contributed by atoms with Crippen molar-refractivity contribution >= 4 is 56.3 Å². The molecule has 2 heterocycles. The van der Waals surface area contributed by atoms with Crippen molar-refractivity contribution in [3.05, 3.63) is 38.8 Å². The molecule has 1 amide bonds. The summed E-state index contributed by atoms with van der Waals surface area (Å²) in [5.41, 5.74) is 4.14. The minimum absolute atomic E-state index is 0. The highest BCUT2D eigenvalue weighted by molar-refractivity contribution is 7.22. The van der Waals surface area contributed by atoms with Crippen LogP contribution in [-0.2, 0) is 0 Å². The Hall–Kier alpha value is -1.54. The first-order valence-electron chi connectivity index (χ1n) is 8.54. The summed E-state index contributed by atoms with van der Waals surface area (Å²) in [6, 6.07) is 4.24. The molecule has 3 aromatic rings. The second-order valence-corrected chi connectivity index (χ2v) is 9.01. The first-order valence-corrected chi connectivity index (χ1v) is 10.2. The number of aromatic nitrogens is 2. The summed E-state index contributed by atoms with van der Waals surface area (Å²) in [5.74, 6) is -0.0108. The van der Waals surface area contributed by atoms with Gasteiger partial charge in [-0.2, -0.15) is 0 Å². The Morgan fingerprint density at radius 2 is 1.74 bits per heavy atom. The third-order valence-electron chi connectivity index (χ3n) is 4.15. The first-order chi connectivity index (χ1) is 12.3. The minimum Gasteiger partial charge on any atom is -0.308 e. The zero-order valence-electron chi connectivity index (χ0n) is 16.5. The number of nitrogens with zero attached hydrogens (tertiary/aromatic N) is 4. The van der Waals surface area contributed by atoms with Crippen molar-refractivity contribution in [3.8, 4) is 0 Å². The molecule has 27 heavy (non-hydrogen) atoms. The van der Waals surface area contributed by atoms with Gasteiger partial charge < -0.3 is 4.90 Å². The molecular formula is C19H25ClN4OS2. The van der Waals surface area contributed by atoms with Gasteiger partial charge >= 0.3 is 0 Å². The summed E-state index contributed by atoms with van der Waals surface area (Å²) in [6.07, 6.45) is 0. The van der Waals surface area contributed by atoms with Gasteiger partial charge in [0.2, 0.25) is 0 Å². The summed E-state index contributed by atoms with van der Waals surface area (Å²) in [7, 11) is 4.02. The molecule has 0 N–H and O–H groups in total. The van der Waals surface area contributed by atoms with Crippen LogP contribution in [0.25, 0.3) is 10.2 Å². The zero-order chi connectivity index (χ0) is 19.0. The average Bonchev–Trinajstić information content (AvgIpc) is 3.10. The largest absolute Gasteiger partial charge is 0.308 e. The molecule has 0 radical (unpaired) electrons. The van der Waals surface area contributed by atoms with Crippen molar-refractivity contribution < 1.29 is 4.79 Å². The number of halogens is 1. The number of hydrogen-bond donors (Lipinski definition) is 0. The maximum absolute atomic E-state index is 13.3. The van der Waals surface area contributed by atoms with Crippen LogP contribution < -0.4 is 4.90 Å². The minimum atomic E-state index is -0.0108. The van der Waals surface area contributed by atoms with E-state index in [0.29, 0.717) is 11.4 Å². The van der Waals surface area contributed by atoms with Gasteiger partial charge in [-0.3, -0.25) is 9.69 Å². The number of hydrogen-bond acceptors (Lipinski definition) is 6. The SMILES string of the molecule is Cc1cc(C)c2sc(N(CCN(C)C)C(=O)c3sc(C)nc3C)nc2c1.Cl. The third kappa shape index (κ3) is 4.66. The fraction of sp³-hybridized carbons (Fsp3) is 0.421.